The number of aliphatic hydroxyl groups is 1. The van der Waals surface area contributed by atoms with E-state index in [0.29, 0.717) is 23.6 Å². The van der Waals surface area contributed by atoms with Crippen LogP contribution < -0.4 is 0 Å². The Morgan fingerprint density at radius 1 is 1.13 bits per heavy atom. The lowest BCUT2D eigenvalue weighted by molar-refractivity contribution is 0.0743. The number of nitrogens with zero attached hydrogens (tertiary/aromatic N) is 2. The zero-order chi connectivity index (χ0) is 22.4. The summed E-state index contributed by atoms with van der Waals surface area (Å²) in [4.78, 5) is 5.60. The van der Waals surface area contributed by atoms with E-state index in [1.165, 1.54) is 17.6 Å². The largest absolute Gasteiger partial charge is 0.384 e. The first-order chi connectivity index (χ1) is 14.5. The molecule has 0 bridgehead atoms. The Balaban J connectivity index is 1.96. The fourth-order valence-electron chi connectivity index (χ4n) is 3.81. The second-order valence-corrected chi connectivity index (χ2v) is 12.0. The molecule has 0 radical (unpaired) electrons. The van der Waals surface area contributed by atoms with E-state index in [4.69, 9.17) is 4.98 Å². The molecule has 0 amide bonds. The minimum absolute atomic E-state index is 0.349. The van der Waals surface area contributed by atoms with Gasteiger partial charge < -0.3 is 9.67 Å². The molecule has 1 aliphatic carbocycles. The molecular weight excluding hydrogens is 428 g/mol. The molecule has 1 N–H and O–H groups in total. The Morgan fingerprint density at radius 3 is 2.42 bits per heavy atom. The monoisotopic (exact) mass is 454 g/mol. The number of imidazole rings is 1. The summed E-state index contributed by atoms with van der Waals surface area (Å²) >= 11 is 1.53. The van der Waals surface area contributed by atoms with E-state index in [1.54, 1.807) is 27.0 Å². The zero-order valence-electron chi connectivity index (χ0n) is 18.0. The third-order valence-electron chi connectivity index (χ3n) is 5.81. The summed E-state index contributed by atoms with van der Waals surface area (Å²) in [5.74, 6) is 0.629. The lowest BCUT2D eigenvalue weighted by atomic mass is 9.87. The summed E-state index contributed by atoms with van der Waals surface area (Å²) in [6.07, 6.45) is 7.25. The van der Waals surface area contributed by atoms with Crippen LogP contribution in [0.5, 0.6) is 0 Å². The maximum absolute atomic E-state index is 13.1. The SMILES string of the molecule is CC(C)(O)c1cn(C2=CC=C(c3ccccc3)CC2(C)S(C)(=O)=O)c(-c2cccs2)n1. The van der Waals surface area contributed by atoms with Crippen molar-refractivity contribution in [1.29, 1.82) is 0 Å². The predicted octanol–water partition coefficient (Wildman–Crippen LogP) is 4.97. The predicted molar refractivity (Wildman–Crippen MR) is 127 cm³/mol. The van der Waals surface area contributed by atoms with Crippen molar-refractivity contribution < 1.29 is 13.5 Å². The fourth-order valence-corrected chi connectivity index (χ4v) is 5.49. The number of thiophene rings is 1. The molecule has 0 saturated carbocycles. The van der Waals surface area contributed by atoms with E-state index in [9.17, 15) is 13.5 Å². The summed E-state index contributed by atoms with van der Waals surface area (Å²) in [6, 6.07) is 13.7. The number of aromatic nitrogens is 2. The zero-order valence-corrected chi connectivity index (χ0v) is 19.7. The van der Waals surface area contributed by atoms with Crippen molar-refractivity contribution >= 4 is 32.4 Å². The molecule has 1 aliphatic rings. The molecule has 5 nitrogen and oxygen atoms in total. The number of sulfone groups is 1. The van der Waals surface area contributed by atoms with Gasteiger partial charge in [-0.2, -0.15) is 0 Å². The van der Waals surface area contributed by atoms with Crippen LogP contribution in [0.2, 0.25) is 0 Å². The molecule has 2 heterocycles. The molecule has 7 heteroatoms. The van der Waals surface area contributed by atoms with Crippen molar-refractivity contribution in [2.75, 3.05) is 6.26 Å². The van der Waals surface area contributed by atoms with Gasteiger partial charge in [-0.25, -0.2) is 13.4 Å². The molecule has 0 fully saturated rings. The second-order valence-electron chi connectivity index (χ2n) is 8.65. The topological polar surface area (TPSA) is 72.2 Å². The van der Waals surface area contributed by atoms with Crippen molar-refractivity contribution in [3.63, 3.8) is 0 Å². The lowest BCUT2D eigenvalue weighted by Gasteiger charge is -2.35. The van der Waals surface area contributed by atoms with Crippen molar-refractivity contribution in [2.45, 2.75) is 37.5 Å². The van der Waals surface area contributed by atoms with Crippen LogP contribution in [-0.2, 0) is 15.4 Å². The molecule has 3 aromatic rings. The Labute approximate surface area is 187 Å². The standard InChI is InChI=1S/C24H26N2O3S2/c1-23(2,27)20-16-26(22(25-20)19-11-8-14-30-19)21-13-12-18(17-9-6-5-7-10-17)15-24(21,3)31(4,28)29/h5-14,16,27H,15H2,1-4H3. The van der Waals surface area contributed by atoms with Gasteiger partial charge in [0.15, 0.2) is 15.7 Å². The van der Waals surface area contributed by atoms with E-state index in [0.717, 1.165) is 16.0 Å². The van der Waals surface area contributed by atoms with Crippen LogP contribution in [0.3, 0.4) is 0 Å². The highest BCUT2D eigenvalue weighted by Gasteiger charge is 2.44. The molecule has 31 heavy (non-hydrogen) atoms. The van der Waals surface area contributed by atoms with Gasteiger partial charge >= 0.3 is 0 Å². The Kier molecular flexibility index (Phi) is 5.32. The van der Waals surface area contributed by atoms with Gasteiger partial charge in [0.25, 0.3) is 0 Å². The van der Waals surface area contributed by atoms with Crippen LogP contribution in [0.4, 0.5) is 0 Å². The molecule has 0 saturated heterocycles. The molecule has 2 aromatic heterocycles. The van der Waals surface area contributed by atoms with E-state index in [-0.39, 0.29) is 0 Å². The average molecular weight is 455 g/mol. The highest BCUT2D eigenvalue weighted by atomic mass is 32.2. The Bertz CT molecular complexity index is 1260. The van der Waals surface area contributed by atoms with Crippen LogP contribution in [0.15, 0.2) is 66.2 Å². The maximum Gasteiger partial charge on any atom is 0.158 e. The average Bonchev–Trinajstić information content (AvgIpc) is 3.37. The number of hydrogen-bond donors (Lipinski definition) is 1. The first kappa shape index (κ1) is 21.7. The highest BCUT2D eigenvalue weighted by Crippen LogP contribution is 2.44. The van der Waals surface area contributed by atoms with Gasteiger partial charge in [0.2, 0.25) is 0 Å². The van der Waals surface area contributed by atoms with Gasteiger partial charge in [-0.1, -0.05) is 42.5 Å². The summed E-state index contributed by atoms with van der Waals surface area (Å²) in [5.41, 5.74) is 1.94. The minimum Gasteiger partial charge on any atom is -0.384 e. The number of benzene rings is 1. The quantitative estimate of drug-likeness (QED) is 0.591. The van der Waals surface area contributed by atoms with Gasteiger partial charge in [-0.05, 0) is 55.9 Å². The molecular formula is C24H26N2O3S2. The number of rotatable bonds is 5. The third-order valence-corrected chi connectivity index (χ3v) is 8.66. The Hall–Kier alpha value is -2.48. The van der Waals surface area contributed by atoms with Crippen molar-refractivity contribution in [1.82, 2.24) is 9.55 Å². The number of allylic oxidation sites excluding steroid dienone is 3. The van der Waals surface area contributed by atoms with Crippen LogP contribution >= 0.6 is 11.3 Å². The maximum atomic E-state index is 13.1. The lowest BCUT2D eigenvalue weighted by Crippen LogP contribution is -2.39. The van der Waals surface area contributed by atoms with Crippen LogP contribution in [0, 0.1) is 0 Å². The molecule has 162 valence electrons. The molecule has 1 aromatic carbocycles. The molecule has 0 spiro atoms. The van der Waals surface area contributed by atoms with E-state index >= 15 is 0 Å². The normalized spacial score (nSPS) is 19.8. The van der Waals surface area contributed by atoms with Crippen molar-refractivity contribution in [2.24, 2.45) is 0 Å². The summed E-state index contributed by atoms with van der Waals surface area (Å²) in [5, 5.41) is 12.5. The van der Waals surface area contributed by atoms with E-state index in [2.05, 4.69) is 0 Å². The second kappa shape index (κ2) is 7.58. The van der Waals surface area contributed by atoms with Gasteiger partial charge in [-0.3, -0.25) is 0 Å². The fraction of sp³-hybridized carbons (Fsp3) is 0.292. The van der Waals surface area contributed by atoms with Crippen LogP contribution in [0.25, 0.3) is 22.0 Å². The van der Waals surface area contributed by atoms with E-state index in [1.807, 2.05) is 64.6 Å². The van der Waals surface area contributed by atoms with Gasteiger partial charge in [0.1, 0.15) is 10.3 Å². The first-order valence-electron chi connectivity index (χ1n) is 10.0. The van der Waals surface area contributed by atoms with Crippen molar-refractivity contribution in [3.05, 3.63) is 77.5 Å². The Morgan fingerprint density at radius 2 is 1.84 bits per heavy atom. The summed E-state index contributed by atoms with van der Waals surface area (Å²) in [7, 11) is -3.49. The molecule has 1 unspecified atom stereocenters. The summed E-state index contributed by atoms with van der Waals surface area (Å²) < 4.78 is 26.9. The van der Waals surface area contributed by atoms with Crippen molar-refractivity contribution in [3.8, 4) is 10.7 Å². The van der Waals surface area contributed by atoms with Crippen LogP contribution in [0.1, 0.15) is 38.4 Å². The summed E-state index contributed by atoms with van der Waals surface area (Å²) in [6.45, 7) is 5.12. The molecule has 0 aliphatic heterocycles. The van der Waals surface area contributed by atoms with Crippen LogP contribution in [-0.4, -0.2) is 34.1 Å². The minimum atomic E-state index is -3.49. The first-order valence-corrected chi connectivity index (χ1v) is 12.8. The van der Waals surface area contributed by atoms with E-state index < -0.39 is 20.2 Å². The third kappa shape index (κ3) is 3.93. The number of hydrogen-bond acceptors (Lipinski definition) is 5. The van der Waals surface area contributed by atoms with Gasteiger partial charge in [0.05, 0.1) is 10.6 Å². The van der Waals surface area contributed by atoms with Gasteiger partial charge in [0, 0.05) is 18.1 Å². The van der Waals surface area contributed by atoms with Gasteiger partial charge in [-0.15, -0.1) is 11.3 Å². The highest BCUT2D eigenvalue weighted by molar-refractivity contribution is 7.92. The smallest absolute Gasteiger partial charge is 0.158 e. The molecule has 4 rings (SSSR count). The molecule has 1 atom stereocenters.